The average Bonchev–Trinajstić information content (AvgIpc) is 2.88. The smallest absolute Gasteiger partial charge is 0.327 e. The molecule has 0 aromatic heterocycles. The first-order chi connectivity index (χ1) is 7.77. The van der Waals surface area contributed by atoms with E-state index in [1.807, 2.05) is 6.08 Å². The fraction of sp³-hybridized carbons (Fsp3) is 0.750. The number of carboxylic acid groups (broad SMARTS) is 1. The van der Waals surface area contributed by atoms with Gasteiger partial charge in [-0.2, -0.15) is 0 Å². The quantitative estimate of drug-likeness (QED) is 0.734. The Hall–Kier alpha value is -0.870. The third-order valence-corrected chi connectivity index (χ3v) is 3.48. The van der Waals surface area contributed by atoms with E-state index < -0.39 is 5.97 Å². The van der Waals surface area contributed by atoms with Crippen LogP contribution in [0.25, 0.3) is 0 Å². The molecule has 1 N–H and O–H groups in total. The second-order valence-corrected chi connectivity index (χ2v) is 4.52. The highest BCUT2D eigenvalue weighted by molar-refractivity contribution is 5.79. The highest BCUT2D eigenvalue weighted by Gasteiger charge is 2.32. The highest BCUT2D eigenvalue weighted by Crippen LogP contribution is 2.33. The number of ether oxygens (including phenoxy) is 2. The van der Waals surface area contributed by atoms with Gasteiger partial charge in [0, 0.05) is 19.3 Å². The van der Waals surface area contributed by atoms with Crippen LogP contribution in [0.15, 0.2) is 12.2 Å². The summed E-state index contributed by atoms with van der Waals surface area (Å²) in [4.78, 5) is 10.6. The van der Waals surface area contributed by atoms with Crippen molar-refractivity contribution in [2.45, 2.75) is 12.8 Å². The maximum absolute atomic E-state index is 10.6. The summed E-state index contributed by atoms with van der Waals surface area (Å²) in [5.74, 6) is 0.341. The van der Waals surface area contributed by atoms with Crippen LogP contribution in [-0.4, -0.2) is 37.5 Å². The molecule has 0 spiro atoms. The Bertz CT molecular complexity index is 246. The van der Waals surface area contributed by atoms with E-state index in [4.69, 9.17) is 14.6 Å². The number of hydrogen-bond donors (Lipinski definition) is 1. The zero-order chi connectivity index (χ0) is 11.4. The Morgan fingerprint density at radius 2 is 1.75 bits per heavy atom. The van der Waals surface area contributed by atoms with Gasteiger partial charge < -0.3 is 14.6 Å². The molecule has 0 aromatic rings. The van der Waals surface area contributed by atoms with Crippen molar-refractivity contribution in [2.75, 3.05) is 26.4 Å². The molecule has 0 bridgehead atoms. The summed E-state index contributed by atoms with van der Waals surface area (Å²) >= 11 is 0. The van der Waals surface area contributed by atoms with Gasteiger partial charge in [-0.1, -0.05) is 6.08 Å². The van der Waals surface area contributed by atoms with Gasteiger partial charge in [-0.3, -0.25) is 0 Å². The number of aliphatic carboxylic acids is 1. The molecular weight excluding hydrogens is 208 g/mol. The SMILES string of the molecule is O=C(O)/C=C/C(C1CCOC1)C1CCOC1. The number of hydrogen-bond acceptors (Lipinski definition) is 3. The average molecular weight is 226 g/mol. The van der Waals surface area contributed by atoms with E-state index in [2.05, 4.69) is 0 Å². The van der Waals surface area contributed by atoms with Gasteiger partial charge in [-0.15, -0.1) is 0 Å². The van der Waals surface area contributed by atoms with Crippen LogP contribution in [0.1, 0.15) is 12.8 Å². The summed E-state index contributed by atoms with van der Waals surface area (Å²) in [5.41, 5.74) is 0. The summed E-state index contributed by atoms with van der Waals surface area (Å²) in [5, 5.41) is 8.70. The summed E-state index contributed by atoms with van der Waals surface area (Å²) in [6.07, 6.45) is 5.17. The molecule has 4 heteroatoms. The van der Waals surface area contributed by atoms with Gasteiger partial charge in [0.2, 0.25) is 0 Å². The fourth-order valence-electron chi connectivity index (χ4n) is 2.61. The lowest BCUT2D eigenvalue weighted by Crippen LogP contribution is -2.23. The molecule has 2 fully saturated rings. The lowest BCUT2D eigenvalue weighted by atomic mass is 9.80. The first-order valence-corrected chi connectivity index (χ1v) is 5.84. The fourth-order valence-corrected chi connectivity index (χ4v) is 2.61. The molecule has 4 nitrogen and oxygen atoms in total. The van der Waals surface area contributed by atoms with Gasteiger partial charge in [0.25, 0.3) is 0 Å². The monoisotopic (exact) mass is 226 g/mol. The van der Waals surface area contributed by atoms with Crippen molar-refractivity contribution in [3.05, 3.63) is 12.2 Å². The first kappa shape index (κ1) is 11.6. The minimum atomic E-state index is -0.872. The first-order valence-electron chi connectivity index (χ1n) is 5.84. The predicted molar refractivity (Wildman–Crippen MR) is 58.1 cm³/mol. The zero-order valence-electron chi connectivity index (χ0n) is 9.30. The molecule has 0 saturated carbocycles. The van der Waals surface area contributed by atoms with Crippen molar-refractivity contribution in [2.24, 2.45) is 17.8 Å². The summed E-state index contributed by atoms with van der Waals surface area (Å²) in [6, 6.07) is 0. The van der Waals surface area contributed by atoms with Crippen LogP contribution in [0.5, 0.6) is 0 Å². The van der Waals surface area contributed by atoms with Crippen molar-refractivity contribution in [3.8, 4) is 0 Å². The normalized spacial score (nSPS) is 32.2. The Balaban J connectivity index is 2.01. The Labute approximate surface area is 95.2 Å². The van der Waals surface area contributed by atoms with Crippen LogP contribution >= 0.6 is 0 Å². The number of carboxylic acids is 1. The van der Waals surface area contributed by atoms with Gasteiger partial charge in [0.1, 0.15) is 0 Å². The van der Waals surface area contributed by atoms with E-state index in [1.54, 1.807) is 0 Å². The molecule has 2 aliphatic rings. The van der Waals surface area contributed by atoms with Crippen LogP contribution < -0.4 is 0 Å². The molecule has 2 aliphatic heterocycles. The predicted octanol–water partition coefficient (Wildman–Crippen LogP) is 1.32. The van der Waals surface area contributed by atoms with Crippen LogP contribution in [0, 0.1) is 17.8 Å². The molecule has 2 heterocycles. The third-order valence-electron chi connectivity index (χ3n) is 3.48. The minimum absolute atomic E-state index is 0.293. The zero-order valence-corrected chi connectivity index (χ0v) is 9.30. The standard InChI is InChI=1S/C12H18O4/c13-12(14)2-1-11(9-3-5-15-7-9)10-4-6-16-8-10/h1-2,9-11H,3-8H2,(H,13,14)/b2-1+. The van der Waals surface area contributed by atoms with Crippen LogP contribution in [0.3, 0.4) is 0 Å². The maximum Gasteiger partial charge on any atom is 0.327 e. The van der Waals surface area contributed by atoms with Crippen molar-refractivity contribution in [3.63, 3.8) is 0 Å². The van der Waals surface area contributed by atoms with Gasteiger partial charge in [-0.05, 0) is 30.6 Å². The van der Waals surface area contributed by atoms with Crippen molar-refractivity contribution in [1.82, 2.24) is 0 Å². The van der Waals surface area contributed by atoms with Crippen LogP contribution in [0.2, 0.25) is 0 Å². The Kier molecular flexibility index (Phi) is 3.96. The van der Waals surface area contributed by atoms with E-state index in [9.17, 15) is 4.79 Å². The van der Waals surface area contributed by atoms with E-state index in [0.29, 0.717) is 17.8 Å². The summed E-state index contributed by atoms with van der Waals surface area (Å²) in [6.45, 7) is 3.11. The van der Waals surface area contributed by atoms with Crippen molar-refractivity contribution in [1.29, 1.82) is 0 Å². The van der Waals surface area contributed by atoms with E-state index in [1.165, 1.54) is 6.08 Å². The van der Waals surface area contributed by atoms with Crippen molar-refractivity contribution < 1.29 is 19.4 Å². The summed E-state index contributed by atoms with van der Waals surface area (Å²) in [7, 11) is 0. The molecule has 0 amide bonds. The van der Waals surface area contributed by atoms with Crippen molar-refractivity contribution >= 4 is 5.97 Å². The molecule has 90 valence electrons. The largest absolute Gasteiger partial charge is 0.478 e. The van der Waals surface area contributed by atoms with Gasteiger partial charge >= 0.3 is 5.97 Å². The molecular formula is C12H18O4. The van der Waals surface area contributed by atoms with E-state index in [-0.39, 0.29) is 0 Å². The highest BCUT2D eigenvalue weighted by atomic mass is 16.5. The van der Waals surface area contributed by atoms with Crippen LogP contribution in [-0.2, 0) is 14.3 Å². The maximum atomic E-state index is 10.6. The third kappa shape index (κ3) is 2.83. The van der Waals surface area contributed by atoms with Crippen LogP contribution in [0.4, 0.5) is 0 Å². The topological polar surface area (TPSA) is 55.8 Å². The number of allylic oxidation sites excluding steroid dienone is 1. The van der Waals surface area contributed by atoms with Gasteiger partial charge in [-0.25, -0.2) is 4.79 Å². The second kappa shape index (κ2) is 5.46. The summed E-state index contributed by atoms with van der Waals surface area (Å²) < 4.78 is 10.8. The molecule has 2 atom stereocenters. The van der Waals surface area contributed by atoms with E-state index >= 15 is 0 Å². The molecule has 0 radical (unpaired) electrons. The molecule has 0 aromatic carbocycles. The lowest BCUT2D eigenvalue weighted by Gasteiger charge is -2.24. The molecule has 2 unspecified atom stereocenters. The second-order valence-electron chi connectivity index (χ2n) is 4.52. The number of carbonyl (C=O) groups is 1. The lowest BCUT2D eigenvalue weighted by molar-refractivity contribution is -0.131. The Morgan fingerprint density at radius 3 is 2.12 bits per heavy atom. The molecule has 0 aliphatic carbocycles. The molecule has 2 rings (SSSR count). The minimum Gasteiger partial charge on any atom is -0.478 e. The van der Waals surface area contributed by atoms with Gasteiger partial charge in [0.05, 0.1) is 13.2 Å². The van der Waals surface area contributed by atoms with Gasteiger partial charge in [0.15, 0.2) is 0 Å². The number of rotatable bonds is 4. The van der Waals surface area contributed by atoms with E-state index in [0.717, 1.165) is 39.3 Å². The molecule has 16 heavy (non-hydrogen) atoms. The Morgan fingerprint density at radius 1 is 1.19 bits per heavy atom. The molecule has 2 saturated heterocycles.